The number of nitrogens with zero attached hydrogens (tertiary/aromatic N) is 1. The Balaban J connectivity index is 0.00000242. The third kappa shape index (κ3) is 4.50. The second kappa shape index (κ2) is 8.03. The Morgan fingerprint density at radius 1 is 1.45 bits per heavy atom. The predicted octanol–water partition coefficient (Wildman–Crippen LogP) is 4.77. The van der Waals surface area contributed by atoms with Gasteiger partial charge in [0.1, 0.15) is 5.75 Å². The van der Waals surface area contributed by atoms with Crippen LogP contribution in [0.3, 0.4) is 0 Å². The summed E-state index contributed by atoms with van der Waals surface area (Å²) >= 11 is 0. The highest BCUT2D eigenvalue weighted by Crippen LogP contribution is 2.40. The van der Waals surface area contributed by atoms with E-state index in [1.54, 1.807) is 6.07 Å². The van der Waals surface area contributed by atoms with E-state index < -0.39 is 0 Å². The molecule has 1 aliphatic rings. The van der Waals surface area contributed by atoms with Crippen molar-refractivity contribution in [2.75, 3.05) is 19.6 Å². The van der Waals surface area contributed by atoms with Crippen LogP contribution >= 0.6 is 12.4 Å². The average molecular weight is 324 g/mol. The number of phenolic OH excluding ortho intramolecular Hbond substituents is 1. The molecule has 0 aliphatic carbocycles. The molecule has 0 radical (unpaired) electrons. The molecule has 2 atom stereocenters. The van der Waals surface area contributed by atoms with Crippen molar-refractivity contribution in [3.05, 3.63) is 42.0 Å². The standard InChI is InChI=1S/C19H29NO.ClH/c1-15(2)7-6-11-20-12-10-19(4,16(3)14-20)17-8-5-9-18(21)13-17;/h5,8-9,13,16,21H,1,6-7,10-12,14H2,2-4H3;1H/t16-,19-;/m0./s1. The van der Waals surface area contributed by atoms with Crippen LogP contribution in [0.5, 0.6) is 5.75 Å². The van der Waals surface area contributed by atoms with Gasteiger partial charge in [-0.3, -0.25) is 0 Å². The van der Waals surface area contributed by atoms with E-state index in [9.17, 15) is 5.11 Å². The van der Waals surface area contributed by atoms with Crippen molar-refractivity contribution >= 4 is 12.4 Å². The molecule has 0 aromatic heterocycles. The van der Waals surface area contributed by atoms with Crippen molar-refractivity contribution in [2.45, 2.75) is 45.4 Å². The third-order valence-corrected chi connectivity index (χ3v) is 5.15. The molecule has 1 aromatic carbocycles. The van der Waals surface area contributed by atoms with Gasteiger partial charge >= 0.3 is 0 Å². The number of phenols is 1. The molecule has 0 amide bonds. The van der Waals surface area contributed by atoms with Gasteiger partial charge < -0.3 is 10.0 Å². The molecule has 124 valence electrons. The summed E-state index contributed by atoms with van der Waals surface area (Å²) in [5, 5.41) is 9.75. The zero-order valence-electron chi connectivity index (χ0n) is 14.1. The highest BCUT2D eigenvalue weighted by molar-refractivity contribution is 5.85. The molecule has 0 bridgehead atoms. The fourth-order valence-corrected chi connectivity index (χ4v) is 3.41. The molecular weight excluding hydrogens is 294 g/mol. The Morgan fingerprint density at radius 2 is 2.18 bits per heavy atom. The number of rotatable bonds is 5. The number of hydrogen-bond donors (Lipinski definition) is 1. The van der Waals surface area contributed by atoms with Gasteiger partial charge in [-0.25, -0.2) is 0 Å². The highest BCUT2D eigenvalue weighted by atomic mass is 35.5. The van der Waals surface area contributed by atoms with Crippen LogP contribution in [-0.4, -0.2) is 29.6 Å². The Kier molecular flexibility index (Phi) is 6.96. The van der Waals surface area contributed by atoms with Crippen LogP contribution in [-0.2, 0) is 5.41 Å². The van der Waals surface area contributed by atoms with Gasteiger partial charge in [-0.05, 0) is 68.3 Å². The van der Waals surface area contributed by atoms with Crippen molar-refractivity contribution in [2.24, 2.45) is 5.92 Å². The maximum Gasteiger partial charge on any atom is 0.115 e. The molecule has 0 saturated carbocycles. The summed E-state index contributed by atoms with van der Waals surface area (Å²) in [7, 11) is 0. The minimum Gasteiger partial charge on any atom is -0.508 e. The molecule has 1 fully saturated rings. The van der Waals surface area contributed by atoms with Crippen molar-refractivity contribution in [3.63, 3.8) is 0 Å². The summed E-state index contributed by atoms with van der Waals surface area (Å²) in [5.41, 5.74) is 2.73. The number of allylic oxidation sites excluding steroid dienone is 1. The molecule has 1 aromatic rings. The van der Waals surface area contributed by atoms with Gasteiger partial charge in [0.25, 0.3) is 0 Å². The molecular formula is C19H30ClNO. The lowest BCUT2D eigenvalue weighted by Gasteiger charge is -2.45. The first-order valence-electron chi connectivity index (χ1n) is 8.08. The van der Waals surface area contributed by atoms with Crippen molar-refractivity contribution < 1.29 is 5.11 Å². The average Bonchev–Trinajstić information content (AvgIpc) is 2.42. The summed E-state index contributed by atoms with van der Waals surface area (Å²) in [6, 6.07) is 7.81. The van der Waals surface area contributed by atoms with E-state index in [-0.39, 0.29) is 17.8 Å². The van der Waals surface area contributed by atoms with Crippen LogP contribution in [0.4, 0.5) is 0 Å². The molecule has 3 heteroatoms. The van der Waals surface area contributed by atoms with E-state index in [1.807, 2.05) is 12.1 Å². The fourth-order valence-electron chi connectivity index (χ4n) is 3.41. The van der Waals surface area contributed by atoms with Crippen LogP contribution in [0.15, 0.2) is 36.4 Å². The molecule has 1 saturated heterocycles. The second-order valence-electron chi connectivity index (χ2n) is 6.98. The van der Waals surface area contributed by atoms with Crippen LogP contribution in [0, 0.1) is 5.92 Å². The van der Waals surface area contributed by atoms with E-state index in [4.69, 9.17) is 0 Å². The van der Waals surface area contributed by atoms with Crippen LogP contribution < -0.4 is 0 Å². The van der Waals surface area contributed by atoms with Crippen molar-refractivity contribution in [1.29, 1.82) is 0 Å². The molecule has 0 spiro atoms. The van der Waals surface area contributed by atoms with Gasteiger partial charge in [-0.15, -0.1) is 19.0 Å². The number of halogens is 1. The van der Waals surface area contributed by atoms with E-state index >= 15 is 0 Å². The van der Waals surface area contributed by atoms with Gasteiger partial charge in [-0.1, -0.05) is 31.6 Å². The smallest absolute Gasteiger partial charge is 0.115 e. The van der Waals surface area contributed by atoms with Crippen molar-refractivity contribution in [3.8, 4) is 5.75 Å². The van der Waals surface area contributed by atoms with Gasteiger partial charge in [0, 0.05) is 6.54 Å². The molecule has 0 unspecified atom stereocenters. The zero-order valence-corrected chi connectivity index (χ0v) is 15.0. The maximum absolute atomic E-state index is 9.75. The maximum atomic E-state index is 9.75. The lowest BCUT2D eigenvalue weighted by Crippen LogP contribution is -2.47. The first-order valence-corrected chi connectivity index (χ1v) is 8.08. The van der Waals surface area contributed by atoms with Gasteiger partial charge in [0.2, 0.25) is 0 Å². The summed E-state index contributed by atoms with van der Waals surface area (Å²) in [6.45, 7) is 14.2. The Labute approximate surface area is 141 Å². The number of hydrogen-bond acceptors (Lipinski definition) is 2. The van der Waals surface area contributed by atoms with E-state index in [0.29, 0.717) is 11.7 Å². The minimum atomic E-state index is 0. The number of piperidine rings is 1. The van der Waals surface area contributed by atoms with Gasteiger partial charge in [0.05, 0.1) is 0 Å². The van der Waals surface area contributed by atoms with E-state index in [2.05, 4.69) is 38.3 Å². The monoisotopic (exact) mass is 323 g/mol. The van der Waals surface area contributed by atoms with Crippen LogP contribution in [0.2, 0.25) is 0 Å². The summed E-state index contributed by atoms with van der Waals surface area (Å²) < 4.78 is 0. The van der Waals surface area contributed by atoms with Crippen LogP contribution in [0.1, 0.15) is 45.6 Å². The quantitative estimate of drug-likeness (QED) is 0.789. The molecule has 1 heterocycles. The molecule has 1 aliphatic heterocycles. The van der Waals surface area contributed by atoms with Gasteiger partial charge in [0.15, 0.2) is 0 Å². The fraction of sp³-hybridized carbons (Fsp3) is 0.579. The third-order valence-electron chi connectivity index (χ3n) is 5.15. The van der Waals surface area contributed by atoms with E-state index in [1.165, 1.54) is 24.1 Å². The summed E-state index contributed by atoms with van der Waals surface area (Å²) in [6.07, 6.45) is 3.50. The lowest BCUT2D eigenvalue weighted by molar-refractivity contribution is 0.110. The first kappa shape index (κ1) is 19.1. The predicted molar refractivity (Wildman–Crippen MR) is 97.0 cm³/mol. The van der Waals surface area contributed by atoms with Gasteiger partial charge in [-0.2, -0.15) is 0 Å². The van der Waals surface area contributed by atoms with Crippen molar-refractivity contribution in [1.82, 2.24) is 4.90 Å². The summed E-state index contributed by atoms with van der Waals surface area (Å²) in [4.78, 5) is 2.58. The second-order valence-corrected chi connectivity index (χ2v) is 6.98. The topological polar surface area (TPSA) is 23.5 Å². The highest BCUT2D eigenvalue weighted by Gasteiger charge is 2.37. The van der Waals surface area contributed by atoms with E-state index in [0.717, 1.165) is 25.9 Å². The lowest BCUT2D eigenvalue weighted by atomic mass is 9.68. The Bertz CT molecular complexity index is 502. The molecule has 1 N–H and O–H groups in total. The summed E-state index contributed by atoms with van der Waals surface area (Å²) in [5.74, 6) is 0.975. The normalized spacial score (nSPS) is 25.5. The number of benzene rings is 1. The molecule has 2 rings (SSSR count). The molecule has 22 heavy (non-hydrogen) atoms. The van der Waals surface area contributed by atoms with Crippen LogP contribution in [0.25, 0.3) is 0 Å². The minimum absolute atomic E-state index is 0. The number of likely N-dealkylation sites (tertiary alicyclic amines) is 1. The SMILES string of the molecule is C=C(C)CCCN1CC[C@](C)(c2cccc(O)c2)[C@@H](C)C1.Cl. The molecule has 2 nitrogen and oxygen atoms in total. The Morgan fingerprint density at radius 3 is 2.77 bits per heavy atom. The number of aromatic hydroxyl groups is 1. The zero-order chi connectivity index (χ0) is 15.5. The largest absolute Gasteiger partial charge is 0.508 e. The first-order chi connectivity index (χ1) is 9.91. The Hall–Kier alpha value is -0.990.